The minimum atomic E-state index is -0.0302. The smallest absolute Gasteiger partial charge is 0.0573 e. The molecule has 1 heteroatoms. The van der Waals surface area contributed by atoms with Crippen LogP contribution in [0.5, 0.6) is 0 Å². The second kappa shape index (κ2) is 3.78. The van der Waals surface area contributed by atoms with Crippen LogP contribution in [0, 0.1) is 23.7 Å². The van der Waals surface area contributed by atoms with Crippen molar-refractivity contribution < 1.29 is 5.11 Å². The Morgan fingerprint density at radius 2 is 1.58 bits per heavy atom. The van der Waals surface area contributed by atoms with Crippen molar-refractivity contribution in [3.05, 3.63) is 0 Å². The summed E-state index contributed by atoms with van der Waals surface area (Å²) in [5.41, 5.74) is 0. The van der Waals surface area contributed by atoms with Gasteiger partial charge < -0.3 is 5.11 Å². The maximum atomic E-state index is 9.78. The molecule has 0 aromatic rings. The average molecular weight is 170 g/mol. The summed E-state index contributed by atoms with van der Waals surface area (Å²) < 4.78 is 0. The van der Waals surface area contributed by atoms with E-state index in [9.17, 15) is 5.11 Å². The molecule has 1 fully saturated rings. The van der Waals surface area contributed by atoms with Gasteiger partial charge in [-0.1, -0.05) is 27.7 Å². The van der Waals surface area contributed by atoms with E-state index < -0.39 is 0 Å². The molecule has 0 spiro atoms. The Balaban J connectivity index is 2.64. The lowest BCUT2D eigenvalue weighted by Crippen LogP contribution is -2.27. The zero-order valence-electron chi connectivity index (χ0n) is 8.75. The molecule has 3 unspecified atom stereocenters. The first-order valence-corrected chi connectivity index (χ1v) is 5.22. The van der Waals surface area contributed by atoms with Crippen molar-refractivity contribution in [2.24, 2.45) is 23.7 Å². The van der Waals surface area contributed by atoms with Crippen LogP contribution < -0.4 is 0 Å². The van der Waals surface area contributed by atoms with E-state index in [1.807, 2.05) is 0 Å². The van der Waals surface area contributed by atoms with E-state index in [0.29, 0.717) is 11.8 Å². The molecule has 1 saturated carbocycles. The van der Waals surface area contributed by atoms with Crippen molar-refractivity contribution in [2.75, 3.05) is 0 Å². The van der Waals surface area contributed by atoms with Gasteiger partial charge in [-0.3, -0.25) is 0 Å². The molecule has 3 atom stereocenters. The predicted octanol–water partition coefficient (Wildman–Crippen LogP) is 2.69. The normalized spacial score (nSPS) is 36.8. The molecule has 1 nitrogen and oxygen atoms in total. The van der Waals surface area contributed by atoms with Crippen molar-refractivity contribution in [1.82, 2.24) is 0 Å². The maximum Gasteiger partial charge on any atom is 0.0573 e. The first-order valence-electron chi connectivity index (χ1n) is 5.22. The molecule has 1 aliphatic carbocycles. The highest BCUT2D eigenvalue weighted by atomic mass is 16.3. The zero-order chi connectivity index (χ0) is 9.30. The molecule has 12 heavy (non-hydrogen) atoms. The van der Waals surface area contributed by atoms with Crippen molar-refractivity contribution in [2.45, 2.75) is 46.6 Å². The summed E-state index contributed by atoms with van der Waals surface area (Å²) in [5.74, 6) is 2.66. The fourth-order valence-electron chi connectivity index (χ4n) is 2.75. The van der Waals surface area contributed by atoms with E-state index in [0.717, 1.165) is 18.3 Å². The van der Waals surface area contributed by atoms with Crippen molar-refractivity contribution in [3.8, 4) is 0 Å². The molecule has 1 rings (SSSR count). The van der Waals surface area contributed by atoms with Gasteiger partial charge in [-0.15, -0.1) is 0 Å². The van der Waals surface area contributed by atoms with Crippen molar-refractivity contribution in [1.29, 1.82) is 0 Å². The topological polar surface area (TPSA) is 20.2 Å². The molecular weight excluding hydrogens is 148 g/mol. The van der Waals surface area contributed by atoms with Gasteiger partial charge in [0.25, 0.3) is 0 Å². The molecular formula is C11H22O. The van der Waals surface area contributed by atoms with Crippen LogP contribution in [-0.4, -0.2) is 11.2 Å². The van der Waals surface area contributed by atoms with Gasteiger partial charge in [0.15, 0.2) is 0 Å². The third-order valence-electron chi connectivity index (χ3n) is 3.36. The third-order valence-corrected chi connectivity index (χ3v) is 3.36. The van der Waals surface area contributed by atoms with Crippen LogP contribution in [0.25, 0.3) is 0 Å². The zero-order valence-corrected chi connectivity index (χ0v) is 8.75. The van der Waals surface area contributed by atoms with Gasteiger partial charge in [0.2, 0.25) is 0 Å². The lowest BCUT2D eigenvalue weighted by Gasteiger charge is -2.28. The molecule has 0 heterocycles. The first kappa shape index (κ1) is 10.0. The number of aliphatic hydroxyl groups is 1. The Morgan fingerprint density at radius 3 is 1.92 bits per heavy atom. The van der Waals surface area contributed by atoms with E-state index in [2.05, 4.69) is 27.7 Å². The Kier molecular flexibility index (Phi) is 3.16. The standard InChI is InChI=1S/C11H22O/c1-7(2)9-5-6-10(12)11(9)8(3)4/h7-12H,5-6H2,1-4H3. The van der Waals surface area contributed by atoms with Crippen LogP contribution >= 0.6 is 0 Å². The highest BCUT2D eigenvalue weighted by Crippen LogP contribution is 2.41. The molecule has 0 aromatic heterocycles. The highest BCUT2D eigenvalue weighted by molar-refractivity contribution is 4.87. The lowest BCUT2D eigenvalue weighted by atomic mass is 9.79. The quantitative estimate of drug-likeness (QED) is 0.675. The van der Waals surface area contributed by atoms with E-state index in [4.69, 9.17) is 0 Å². The monoisotopic (exact) mass is 170 g/mol. The van der Waals surface area contributed by atoms with Crippen LogP contribution in [0.4, 0.5) is 0 Å². The summed E-state index contributed by atoms with van der Waals surface area (Å²) in [5, 5.41) is 9.78. The molecule has 0 aliphatic heterocycles. The van der Waals surface area contributed by atoms with Gasteiger partial charge in [0.1, 0.15) is 0 Å². The van der Waals surface area contributed by atoms with Crippen LogP contribution in [0.15, 0.2) is 0 Å². The Labute approximate surface area is 76.2 Å². The second-order valence-corrected chi connectivity index (χ2v) is 4.87. The molecule has 0 radical (unpaired) electrons. The molecule has 0 bridgehead atoms. The summed E-state index contributed by atoms with van der Waals surface area (Å²) in [6.07, 6.45) is 2.21. The van der Waals surface area contributed by atoms with Gasteiger partial charge in [0.05, 0.1) is 6.10 Å². The molecule has 0 saturated heterocycles. The summed E-state index contributed by atoms with van der Waals surface area (Å²) in [6, 6.07) is 0. The van der Waals surface area contributed by atoms with Gasteiger partial charge in [0, 0.05) is 0 Å². The average Bonchev–Trinajstić information content (AvgIpc) is 2.30. The fourth-order valence-corrected chi connectivity index (χ4v) is 2.75. The fraction of sp³-hybridized carbons (Fsp3) is 1.00. The largest absolute Gasteiger partial charge is 0.393 e. The number of rotatable bonds is 2. The van der Waals surface area contributed by atoms with Crippen LogP contribution in [0.1, 0.15) is 40.5 Å². The van der Waals surface area contributed by atoms with Crippen molar-refractivity contribution in [3.63, 3.8) is 0 Å². The molecule has 0 aromatic carbocycles. The minimum Gasteiger partial charge on any atom is -0.393 e. The third kappa shape index (κ3) is 1.82. The summed E-state index contributed by atoms with van der Waals surface area (Å²) in [4.78, 5) is 0. The Morgan fingerprint density at radius 1 is 1.00 bits per heavy atom. The van der Waals surface area contributed by atoms with Crippen LogP contribution in [0.2, 0.25) is 0 Å². The molecule has 1 N–H and O–H groups in total. The SMILES string of the molecule is CC(C)C1CCC(O)C1C(C)C. The second-order valence-electron chi connectivity index (χ2n) is 4.87. The highest BCUT2D eigenvalue weighted by Gasteiger charge is 2.37. The van der Waals surface area contributed by atoms with Crippen LogP contribution in [-0.2, 0) is 0 Å². The Hall–Kier alpha value is -0.0400. The lowest BCUT2D eigenvalue weighted by molar-refractivity contribution is 0.0771. The van der Waals surface area contributed by atoms with E-state index in [1.165, 1.54) is 6.42 Å². The predicted molar refractivity (Wildman–Crippen MR) is 51.9 cm³/mol. The minimum absolute atomic E-state index is 0.0302. The van der Waals surface area contributed by atoms with Gasteiger partial charge in [-0.2, -0.15) is 0 Å². The summed E-state index contributed by atoms with van der Waals surface area (Å²) in [6.45, 7) is 9.01. The van der Waals surface area contributed by atoms with E-state index in [1.54, 1.807) is 0 Å². The van der Waals surface area contributed by atoms with E-state index >= 15 is 0 Å². The van der Waals surface area contributed by atoms with Crippen LogP contribution in [0.3, 0.4) is 0 Å². The molecule has 0 amide bonds. The Bertz CT molecular complexity index is 140. The first-order chi connectivity index (χ1) is 5.54. The number of hydrogen-bond donors (Lipinski definition) is 1. The summed E-state index contributed by atoms with van der Waals surface area (Å²) >= 11 is 0. The maximum absolute atomic E-state index is 9.78. The summed E-state index contributed by atoms with van der Waals surface area (Å²) in [7, 11) is 0. The van der Waals surface area contributed by atoms with E-state index in [-0.39, 0.29) is 6.10 Å². The molecule has 72 valence electrons. The van der Waals surface area contributed by atoms with Gasteiger partial charge >= 0.3 is 0 Å². The van der Waals surface area contributed by atoms with Gasteiger partial charge in [-0.05, 0) is 36.5 Å². The molecule has 1 aliphatic rings. The van der Waals surface area contributed by atoms with Gasteiger partial charge in [-0.25, -0.2) is 0 Å². The van der Waals surface area contributed by atoms with Crippen molar-refractivity contribution >= 4 is 0 Å². The number of hydrogen-bond acceptors (Lipinski definition) is 1. The number of aliphatic hydroxyl groups excluding tert-OH is 1.